The molecule has 0 aromatic rings. The molecule has 2 nitrogen and oxygen atoms in total. The third kappa shape index (κ3) is 3.21. The molecule has 1 aliphatic rings. The number of rotatable bonds is 4. The van der Waals surface area contributed by atoms with Crippen LogP contribution in [0.3, 0.4) is 0 Å². The van der Waals surface area contributed by atoms with E-state index in [1.165, 1.54) is 32.2 Å². The molecule has 0 bridgehead atoms. The van der Waals surface area contributed by atoms with Gasteiger partial charge in [0, 0.05) is 13.7 Å². The van der Waals surface area contributed by atoms with Gasteiger partial charge < -0.3 is 4.74 Å². The largest absolute Gasteiger partial charge is 0.369 e. The number of hydrogen-bond donors (Lipinski definition) is 0. The highest BCUT2D eigenvalue weighted by atomic mass is 16.5. The summed E-state index contributed by atoms with van der Waals surface area (Å²) in [5.74, 6) is 0.940. The summed E-state index contributed by atoms with van der Waals surface area (Å²) >= 11 is 0. The Balaban J connectivity index is 2.08. The fourth-order valence-corrected chi connectivity index (χ4v) is 1.91. The van der Waals surface area contributed by atoms with Gasteiger partial charge in [0.2, 0.25) is 0 Å². The molecule has 1 aliphatic carbocycles. The van der Waals surface area contributed by atoms with Crippen molar-refractivity contribution in [3.8, 4) is 0 Å². The van der Waals surface area contributed by atoms with E-state index in [2.05, 4.69) is 11.9 Å². The van der Waals surface area contributed by atoms with Crippen LogP contribution in [-0.2, 0) is 4.74 Å². The maximum absolute atomic E-state index is 5.04. The number of methoxy groups -OCH3 is 1. The third-order valence-corrected chi connectivity index (χ3v) is 2.39. The molecule has 0 heterocycles. The fraction of sp³-hybridized carbons (Fsp3) is 1.00. The van der Waals surface area contributed by atoms with Crippen LogP contribution >= 0.6 is 0 Å². The van der Waals surface area contributed by atoms with E-state index in [0.717, 1.165) is 12.6 Å². The Labute approximate surface area is 69.5 Å². The highest BCUT2D eigenvalue weighted by Crippen LogP contribution is 2.24. The number of hydrogen-bond acceptors (Lipinski definition) is 2. The van der Waals surface area contributed by atoms with E-state index >= 15 is 0 Å². The zero-order chi connectivity index (χ0) is 8.10. The highest BCUT2D eigenvalue weighted by Gasteiger charge is 2.16. The first kappa shape index (κ1) is 9.01. The Morgan fingerprint density at radius 3 is 2.55 bits per heavy atom. The second-order valence-electron chi connectivity index (χ2n) is 3.61. The lowest BCUT2D eigenvalue weighted by molar-refractivity contribution is 0.0717. The molecule has 0 amide bonds. The molecule has 0 unspecified atom stereocenters. The van der Waals surface area contributed by atoms with Crippen LogP contribution in [0.4, 0.5) is 0 Å². The van der Waals surface area contributed by atoms with E-state index in [4.69, 9.17) is 4.74 Å². The lowest BCUT2D eigenvalue weighted by Crippen LogP contribution is -2.26. The molecule has 0 aromatic heterocycles. The zero-order valence-corrected chi connectivity index (χ0v) is 7.68. The molecule has 0 aliphatic heterocycles. The van der Waals surface area contributed by atoms with Gasteiger partial charge in [0.15, 0.2) is 0 Å². The van der Waals surface area contributed by atoms with Gasteiger partial charge in [0.25, 0.3) is 0 Å². The van der Waals surface area contributed by atoms with E-state index < -0.39 is 0 Å². The smallest absolute Gasteiger partial charge is 0.0984 e. The second-order valence-corrected chi connectivity index (χ2v) is 3.61. The molecule has 1 rings (SSSR count). The van der Waals surface area contributed by atoms with Crippen molar-refractivity contribution in [1.82, 2.24) is 4.90 Å². The van der Waals surface area contributed by atoms with Crippen molar-refractivity contribution >= 4 is 0 Å². The van der Waals surface area contributed by atoms with Gasteiger partial charge in [-0.15, -0.1) is 0 Å². The Morgan fingerprint density at radius 2 is 2.00 bits per heavy atom. The van der Waals surface area contributed by atoms with E-state index in [1.54, 1.807) is 7.11 Å². The monoisotopic (exact) mass is 157 g/mol. The van der Waals surface area contributed by atoms with E-state index in [-0.39, 0.29) is 0 Å². The van der Waals surface area contributed by atoms with Crippen molar-refractivity contribution in [2.75, 3.05) is 27.4 Å². The van der Waals surface area contributed by atoms with Gasteiger partial charge in [0.05, 0.1) is 6.73 Å². The normalized spacial score (nSPS) is 19.9. The van der Waals surface area contributed by atoms with Gasteiger partial charge >= 0.3 is 0 Å². The van der Waals surface area contributed by atoms with Crippen LogP contribution in [0, 0.1) is 5.92 Å². The lowest BCUT2D eigenvalue weighted by Gasteiger charge is -2.19. The van der Waals surface area contributed by atoms with Crippen LogP contribution in [0.1, 0.15) is 25.7 Å². The Morgan fingerprint density at radius 1 is 1.36 bits per heavy atom. The molecule has 0 aromatic carbocycles. The molecule has 0 atom stereocenters. The summed E-state index contributed by atoms with van der Waals surface area (Å²) < 4.78 is 5.04. The van der Waals surface area contributed by atoms with Crippen LogP contribution < -0.4 is 0 Å². The predicted molar refractivity (Wildman–Crippen MR) is 46.5 cm³/mol. The minimum Gasteiger partial charge on any atom is -0.369 e. The Bertz CT molecular complexity index is 99.7. The molecule has 1 fully saturated rings. The fourth-order valence-electron chi connectivity index (χ4n) is 1.91. The lowest BCUT2D eigenvalue weighted by atomic mass is 10.1. The summed E-state index contributed by atoms with van der Waals surface area (Å²) in [7, 11) is 3.88. The first-order chi connectivity index (χ1) is 5.33. The van der Waals surface area contributed by atoms with Gasteiger partial charge in [-0.25, -0.2) is 0 Å². The second kappa shape index (κ2) is 4.73. The maximum atomic E-state index is 5.04. The molecule has 2 heteroatoms. The molecule has 0 spiro atoms. The van der Waals surface area contributed by atoms with Crippen molar-refractivity contribution in [2.45, 2.75) is 25.7 Å². The van der Waals surface area contributed by atoms with Crippen LogP contribution in [0.2, 0.25) is 0 Å². The Kier molecular flexibility index (Phi) is 3.87. The van der Waals surface area contributed by atoms with E-state index in [9.17, 15) is 0 Å². The standard InChI is InChI=1S/C9H19NO/c1-10(8-11-2)7-9-5-3-4-6-9/h9H,3-8H2,1-2H3. The maximum Gasteiger partial charge on any atom is 0.0984 e. The van der Waals surface area contributed by atoms with Crippen LogP contribution in [0.15, 0.2) is 0 Å². The topological polar surface area (TPSA) is 12.5 Å². The van der Waals surface area contributed by atoms with Gasteiger partial charge in [-0.2, -0.15) is 0 Å². The van der Waals surface area contributed by atoms with Crippen LogP contribution in [0.25, 0.3) is 0 Å². The molecule has 0 radical (unpaired) electrons. The van der Waals surface area contributed by atoms with E-state index in [0.29, 0.717) is 0 Å². The number of ether oxygens (including phenoxy) is 1. The molecular formula is C9H19NO. The quantitative estimate of drug-likeness (QED) is 0.576. The SMILES string of the molecule is COCN(C)CC1CCCC1. The van der Waals surface area contributed by atoms with Crippen molar-refractivity contribution < 1.29 is 4.74 Å². The van der Waals surface area contributed by atoms with Crippen molar-refractivity contribution in [3.05, 3.63) is 0 Å². The average Bonchev–Trinajstić information content (AvgIpc) is 2.40. The zero-order valence-electron chi connectivity index (χ0n) is 7.68. The predicted octanol–water partition coefficient (Wildman–Crippen LogP) is 1.71. The summed E-state index contributed by atoms with van der Waals surface area (Å²) in [4.78, 5) is 2.26. The summed E-state index contributed by atoms with van der Waals surface area (Å²) in [6.45, 7) is 1.99. The van der Waals surface area contributed by atoms with E-state index in [1.807, 2.05) is 0 Å². The highest BCUT2D eigenvalue weighted by molar-refractivity contribution is 4.69. The molecule has 0 saturated heterocycles. The summed E-state index contributed by atoms with van der Waals surface area (Å²) in [6, 6.07) is 0. The third-order valence-electron chi connectivity index (χ3n) is 2.39. The van der Waals surface area contributed by atoms with Gasteiger partial charge in [-0.1, -0.05) is 12.8 Å². The van der Waals surface area contributed by atoms with Crippen LogP contribution in [-0.4, -0.2) is 32.3 Å². The summed E-state index contributed by atoms with van der Waals surface area (Å²) in [5.41, 5.74) is 0. The van der Waals surface area contributed by atoms with Crippen molar-refractivity contribution in [1.29, 1.82) is 0 Å². The molecule has 1 saturated carbocycles. The van der Waals surface area contributed by atoms with Crippen molar-refractivity contribution in [3.63, 3.8) is 0 Å². The van der Waals surface area contributed by atoms with Gasteiger partial charge in [0.1, 0.15) is 0 Å². The molecule has 11 heavy (non-hydrogen) atoms. The minimum absolute atomic E-state index is 0.774. The molecule has 66 valence electrons. The first-order valence-corrected chi connectivity index (χ1v) is 4.50. The number of nitrogens with zero attached hydrogens (tertiary/aromatic N) is 1. The molecule has 0 N–H and O–H groups in total. The summed E-state index contributed by atoms with van der Waals surface area (Å²) in [6.07, 6.45) is 5.72. The van der Waals surface area contributed by atoms with Crippen LogP contribution in [0.5, 0.6) is 0 Å². The first-order valence-electron chi connectivity index (χ1n) is 4.50. The minimum atomic E-state index is 0.774. The average molecular weight is 157 g/mol. The Hall–Kier alpha value is -0.0800. The van der Waals surface area contributed by atoms with Gasteiger partial charge in [-0.3, -0.25) is 4.90 Å². The molecular weight excluding hydrogens is 138 g/mol. The van der Waals surface area contributed by atoms with Crippen molar-refractivity contribution in [2.24, 2.45) is 5.92 Å². The summed E-state index contributed by atoms with van der Waals surface area (Å²) in [5, 5.41) is 0. The van der Waals surface area contributed by atoms with Gasteiger partial charge in [-0.05, 0) is 25.8 Å².